The van der Waals surface area contributed by atoms with Crippen molar-refractivity contribution >= 4 is 47.5 Å². The molecule has 1 aliphatic heterocycles. The van der Waals surface area contributed by atoms with Gasteiger partial charge in [0.2, 0.25) is 0 Å². The summed E-state index contributed by atoms with van der Waals surface area (Å²) in [7, 11) is 5.60. The van der Waals surface area contributed by atoms with Gasteiger partial charge in [-0.2, -0.15) is 10.2 Å². The van der Waals surface area contributed by atoms with Crippen LogP contribution in [0.25, 0.3) is 0 Å². The Kier molecular flexibility index (Phi) is 25.3. The first-order valence-electron chi connectivity index (χ1n) is 30.5. The van der Waals surface area contributed by atoms with E-state index < -0.39 is 96.1 Å². The molecule has 3 heterocycles. The number of carbonyl (C=O) groups excluding carboxylic acids is 8. The van der Waals surface area contributed by atoms with Crippen LogP contribution in [0.3, 0.4) is 0 Å². The van der Waals surface area contributed by atoms with Gasteiger partial charge < -0.3 is 38.5 Å². The number of hydrogen-bond donors (Lipinski definition) is 0. The highest BCUT2D eigenvalue weighted by atomic mass is 16.6. The van der Waals surface area contributed by atoms with E-state index in [1.807, 2.05) is 138 Å². The summed E-state index contributed by atoms with van der Waals surface area (Å²) in [6.07, 6.45) is -2.15. The van der Waals surface area contributed by atoms with Gasteiger partial charge in [-0.3, -0.25) is 28.5 Å². The Morgan fingerprint density at radius 1 is 0.372 bits per heavy atom. The van der Waals surface area contributed by atoms with Crippen molar-refractivity contribution in [3.8, 4) is 0 Å². The van der Waals surface area contributed by atoms with Crippen molar-refractivity contribution in [2.45, 2.75) is 209 Å². The zero-order valence-corrected chi connectivity index (χ0v) is 54.1. The summed E-state index contributed by atoms with van der Waals surface area (Å²) in [6.45, 7) is 26.8. The maximum Gasteiger partial charge on any atom is 0.329 e. The maximum absolute atomic E-state index is 15.1. The predicted molar refractivity (Wildman–Crippen MR) is 326 cm³/mol. The van der Waals surface area contributed by atoms with E-state index in [-0.39, 0.29) is 74.0 Å². The molecule has 0 aliphatic carbocycles. The molecule has 1 aliphatic rings. The van der Waals surface area contributed by atoms with Gasteiger partial charge >= 0.3 is 23.9 Å². The molecule has 4 amide bonds. The highest BCUT2D eigenvalue weighted by Crippen LogP contribution is 2.25. The lowest BCUT2D eigenvalue weighted by molar-refractivity contribution is -0.176. The number of ether oxygens (including phenoxy) is 4. The average Bonchev–Trinajstić information content (AvgIpc) is 2.66. The SMILES string of the molecule is CC(C)C[C@H]1C(=O)O[C@H](Cc2ccc(Cn3ccc(C(C)C)n3)cc2)C(=O)N(C)[C@@H](CC(C)C)C(=O)O[C@H](C)C(=O)N(C)[C@@H](CC(C)C)C(=O)O[C@H](Cc2ccc(Cn3ccc(C(C)C)n3)cc2)C(=O)N(C)[C@@H](CC(C)C)C(=O)O[C@H](C)C(=O)N1C. The van der Waals surface area contributed by atoms with Crippen molar-refractivity contribution < 1.29 is 57.3 Å². The van der Waals surface area contributed by atoms with Crippen LogP contribution in [0, 0.1) is 23.7 Å². The molecule has 472 valence electrons. The van der Waals surface area contributed by atoms with Crippen molar-refractivity contribution in [3.63, 3.8) is 0 Å². The van der Waals surface area contributed by atoms with Crippen LogP contribution in [-0.2, 0) is 83.2 Å². The summed E-state index contributed by atoms with van der Waals surface area (Å²) in [5.74, 6) is -6.91. The number of rotatable bonds is 18. The minimum absolute atomic E-state index is 0.0827. The number of esters is 4. The van der Waals surface area contributed by atoms with Crippen LogP contribution < -0.4 is 0 Å². The third-order valence-corrected chi connectivity index (χ3v) is 15.6. The summed E-state index contributed by atoms with van der Waals surface area (Å²) in [6, 6.07) is 13.6. The zero-order valence-electron chi connectivity index (χ0n) is 54.1. The average molecular weight is 1190 g/mol. The molecule has 0 spiro atoms. The number of likely N-dealkylation sites (N-methyl/N-ethyl adjacent to an activating group) is 4. The van der Waals surface area contributed by atoms with E-state index in [9.17, 15) is 28.8 Å². The number of aromatic nitrogens is 4. The monoisotopic (exact) mass is 1190 g/mol. The van der Waals surface area contributed by atoms with Crippen molar-refractivity contribution in [2.75, 3.05) is 28.2 Å². The summed E-state index contributed by atoms with van der Waals surface area (Å²) in [4.78, 5) is 123. The Hall–Kier alpha value is -7.38. The molecule has 0 saturated carbocycles. The summed E-state index contributed by atoms with van der Waals surface area (Å²) in [5.41, 5.74) is 5.01. The van der Waals surface area contributed by atoms with Crippen molar-refractivity contribution in [1.82, 2.24) is 39.2 Å². The fourth-order valence-corrected chi connectivity index (χ4v) is 10.4. The van der Waals surface area contributed by atoms with Gasteiger partial charge in [0.25, 0.3) is 23.6 Å². The molecule has 86 heavy (non-hydrogen) atoms. The van der Waals surface area contributed by atoms with E-state index in [0.717, 1.165) is 32.3 Å². The molecule has 0 radical (unpaired) electrons. The number of hydrogen-bond acceptors (Lipinski definition) is 14. The molecule has 1 saturated heterocycles. The van der Waals surface area contributed by atoms with Gasteiger partial charge in [0, 0.05) is 53.4 Å². The lowest BCUT2D eigenvalue weighted by atomic mass is 9.99. The largest absolute Gasteiger partial charge is 0.451 e. The number of amides is 4. The Labute approximate surface area is 509 Å². The van der Waals surface area contributed by atoms with Gasteiger partial charge in [0.1, 0.15) is 24.2 Å². The number of carbonyl (C=O) groups is 8. The molecule has 20 nitrogen and oxygen atoms in total. The molecule has 4 aromatic rings. The zero-order chi connectivity index (χ0) is 64.0. The summed E-state index contributed by atoms with van der Waals surface area (Å²) in [5, 5.41) is 9.35. The van der Waals surface area contributed by atoms with Gasteiger partial charge in [-0.15, -0.1) is 0 Å². The quantitative estimate of drug-likeness (QED) is 0.0674. The molecule has 2 aromatic heterocycles. The molecule has 0 N–H and O–H groups in total. The summed E-state index contributed by atoms with van der Waals surface area (Å²) < 4.78 is 28.0. The van der Waals surface area contributed by atoms with E-state index in [1.54, 1.807) is 0 Å². The fourth-order valence-electron chi connectivity index (χ4n) is 10.4. The van der Waals surface area contributed by atoms with Gasteiger partial charge in [0.05, 0.1) is 24.5 Å². The Morgan fingerprint density at radius 3 is 0.884 bits per heavy atom. The van der Waals surface area contributed by atoms with E-state index in [1.165, 1.54) is 51.8 Å². The number of benzene rings is 2. The van der Waals surface area contributed by atoms with E-state index in [0.29, 0.717) is 24.2 Å². The second kappa shape index (κ2) is 31.3. The second-order valence-corrected chi connectivity index (χ2v) is 25.6. The Bertz CT molecular complexity index is 2720. The van der Waals surface area contributed by atoms with Crippen LogP contribution in [-0.4, -0.2) is 163 Å². The van der Waals surface area contributed by atoms with E-state index in [4.69, 9.17) is 18.9 Å². The van der Waals surface area contributed by atoms with Crippen LogP contribution in [0.4, 0.5) is 0 Å². The van der Waals surface area contributed by atoms with Crippen molar-refractivity contribution in [2.24, 2.45) is 23.7 Å². The fraction of sp³-hybridized carbons (Fsp3) is 0.606. The van der Waals surface area contributed by atoms with Gasteiger partial charge in [-0.05, 0) is 109 Å². The van der Waals surface area contributed by atoms with Crippen LogP contribution in [0.2, 0.25) is 0 Å². The van der Waals surface area contributed by atoms with Crippen LogP contribution in [0.15, 0.2) is 73.1 Å². The highest BCUT2D eigenvalue weighted by Gasteiger charge is 2.43. The lowest BCUT2D eigenvalue weighted by Gasteiger charge is -2.35. The van der Waals surface area contributed by atoms with Gasteiger partial charge in [-0.1, -0.05) is 132 Å². The van der Waals surface area contributed by atoms with Crippen molar-refractivity contribution in [3.05, 3.63) is 107 Å². The minimum Gasteiger partial charge on any atom is -0.451 e. The highest BCUT2D eigenvalue weighted by molar-refractivity contribution is 5.94. The topological polar surface area (TPSA) is 222 Å². The maximum atomic E-state index is 15.1. The van der Waals surface area contributed by atoms with Crippen LogP contribution >= 0.6 is 0 Å². The first-order valence-corrected chi connectivity index (χ1v) is 30.5. The van der Waals surface area contributed by atoms with Crippen molar-refractivity contribution in [1.29, 1.82) is 0 Å². The van der Waals surface area contributed by atoms with Gasteiger partial charge in [0.15, 0.2) is 24.4 Å². The molecule has 8 atom stereocenters. The normalized spacial score (nSPS) is 22.6. The molecule has 1 fully saturated rings. The molecule has 0 unspecified atom stereocenters. The standard InChI is InChI=1S/C66H96N8O12/c1-39(2)31-53-63(79)83-45(13)59(75)69(15)56(34-42(7)8)66(82)86-58(36-48-21-25-50(26-22-48)38-74-30-28-52(68-74)44(11)12)62(78)72(18)54(32-40(3)4)64(80)84-46(14)60(76)70(16)55(33-41(5)6)65(81)85-57(61(77)71(53)17)35-47-19-23-49(24-20-47)37-73-29-27-51(67-73)43(9)10/h19-30,39-46,53-58H,31-38H2,1-18H3/t45-,46-,53+,54+,55+,56+,57-,58-/m1/s1. The first kappa shape index (κ1) is 69.4. The van der Waals surface area contributed by atoms with E-state index in [2.05, 4.69) is 37.9 Å². The Morgan fingerprint density at radius 2 is 0.628 bits per heavy atom. The number of cyclic esters (lactones) is 4. The third kappa shape index (κ3) is 19.3. The first-order chi connectivity index (χ1) is 40.3. The predicted octanol–water partition coefficient (Wildman–Crippen LogP) is 8.40. The molecule has 5 rings (SSSR count). The minimum atomic E-state index is -1.54. The molecule has 2 aromatic carbocycles. The lowest BCUT2D eigenvalue weighted by Crippen LogP contribution is -2.55. The summed E-state index contributed by atoms with van der Waals surface area (Å²) >= 11 is 0. The molecular weight excluding hydrogens is 1100 g/mol. The Balaban J connectivity index is 1.58. The molecule has 0 bridgehead atoms. The molecule has 20 heteroatoms. The smallest absolute Gasteiger partial charge is 0.329 e. The third-order valence-electron chi connectivity index (χ3n) is 15.6. The van der Waals surface area contributed by atoms with Crippen LogP contribution in [0.5, 0.6) is 0 Å². The second-order valence-electron chi connectivity index (χ2n) is 25.6. The van der Waals surface area contributed by atoms with Crippen LogP contribution in [0.1, 0.15) is 168 Å². The number of nitrogens with zero attached hydrogens (tertiary/aromatic N) is 8. The molecular formula is C66H96N8O12. The van der Waals surface area contributed by atoms with Gasteiger partial charge in [-0.25, -0.2) is 19.2 Å². The van der Waals surface area contributed by atoms with E-state index >= 15 is 9.59 Å².